The Kier molecular flexibility index (Phi) is 5.68. The number of benzene rings is 1. The van der Waals surface area contributed by atoms with Gasteiger partial charge in [-0.1, -0.05) is 45.9 Å². The van der Waals surface area contributed by atoms with Crippen LogP contribution in [0.5, 0.6) is 0 Å². The van der Waals surface area contributed by atoms with Crippen molar-refractivity contribution >= 4 is 17.4 Å². The van der Waals surface area contributed by atoms with Crippen LogP contribution in [-0.2, 0) is 0 Å². The van der Waals surface area contributed by atoms with Crippen molar-refractivity contribution in [3.8, 4) is 0 Å². The average molecular weight is 312 g/mol. The highest BCUT2D eigenvalue weighted by Crippen LogP contribution is 2.25. The van der Waals surface area contributed by atoms with E-state index in [-0.39, 0.29) is 5.91 Å². The predicted molar refractivity (Wildman–Crippen MR) is 93.0 cm³/mol. The number of nitrogens with zero attached hydrogens (tertiary/aromatic N) is 2. The van der Waals surface area contributed by atoms with E-state index in [9.17, 15) is 4.79 Å². The van der Waals surface area contributed by atoms with E-state index in [4.69, 9.17) is 0 Å². The maximum Gasteiger partial charge on any atom is 0.271 e. The molecule has 1 aromatic carbocycles. The third-order valence-electron chi connectivity index (χ3n) is 3.40. The van der Waals surface area contributed by atoms with Gasteiger partial charge in [-0.3, -0.25) is 4.79 Å². The van der Waals surface area contributed by atoms with E-state index in [1.54, 1.807) is 6.20 Å². The van der Waals surface area contributed by atoms with E-state index < -0.39 is 0 Å². The topological polar surface area (TPSA) is 66.9 Å². The molecule has 2 N–H and O–H groups in total. The molecule has 0 unspecified atom stereocenters. The molecule has 0 aliphatic heterocycles. The quantitative estimate of drug-likeness (QED) is 0.853. The molecule has 1 amide bonds. The van der Waals surface area contributed by atoms with E-state index in [1.807, 2.05) is 32.0 Å². The fraction of sp³-hybridized carbons (Fsp3) is 0.389. The number of carbonyl (C=O) groups is 1. The zero-order valence-electron chi connectivity index (χ0n) is 14.1. The molecule has 0 radical (unpaired) electrons. The lowest BCUT2D eigenvalue weighted by Crippen LogP contribution is -2.28. The number of hydrogen-bond donors (Lipinski definition) is 2. The Labute approximate surface area is 137 Å². The summed E-state index contributed by atoms with van der Waals surface area (Å²) >= 11 is 0. The molecule has 0 fully saturated rings. The largest absolute Gasteiger partial charge is 0.350 e. The third-order valence-corrected chi connectivity index (χ3v) is 3.40. The van der Waals surface area contributed by atoms with Crippen LogP contribution in [0.25, 0.3) is 0 Å². The highest BCUT2D eigenvalue weighted by molar-refractivity contribution is 5.92. The van der Waals surface area contributed by atoms with Crippen LogP contribution in [0.1, 0.15) is 49.7 Å². The van der Waals surface area contributed by atoms with Crippen LogP contribution in [0, 0.1) is 5.92 Å². The van der Waals surface area contributed by atoms with Gasteiger partial charge in [0.15, 0.2) is 0 Å². The molecular formula is C18H24N4O. The van der Waals surface area contributed by atoms with Gasteiger partial charge in [-0.2, -0.15) is 0 Å². The lowest BCUT2D eigenvalue weighted by Gasteiger charge is -2.14. The van der Waals surface area contributed by atoms with Gasteiger partial charge < -0.3 is 10.6 Å². The van der Waals surface area contributed by atoms with Crippen LogP contribution in [-0.4, -0.2) is 22.4 Å². The number of amides is 1. The molecule has 0 bridgehead atoms. The summed E-state index contributed by atoms with van der Waals surface area (Å²) in [5.74, 6) is 1.24. The summed E-state index contributed by atoms with van der Waals surface area (Å²) in [6.45, 7) is 9.02. The number of carbonyl (C=O) groups excluding carboxylic acids is 1. The summed E-state index contributed by atoms with van der Waals surface area (Å²) in [7, 11) is 0. The molecule has 1 aromatic heterocycles. The second kappa shape index (κ2) is 7.72. The van der Waals surface area contributed by atoms with Gasteiger partial charge in [0.05, 0.1) is 12.4 Å². The van der Waals surface area contributed by atoms with Crippen LogP contribution >= 0.6 is 0 Å². The molecule has 0 aliphatic rings. The molecule has 122 valence electrons. The Morgan fingerprint density at radius 1 is 1.09 bits per heavy atom. The number of para-hydroxylation sites is 1. The smallest absolute Gasteiger partial charge is 0.271 e. The standard InChI is InChI=1S/C18H24N4O/c1-12(2)9-21-18(23)16-10-20-17(11-19-16)22-15-8-6-5-7-14(15)13(3)4/h5-8,10-13H,9H2,1-4H3,(H,20,22)(H,21,23). The minimum absolute atomic E-state index is 0.194. The van der Waals surface area contributed by atoms with Crippen molar-refractivity contribution < 1.29 is 4.79 Å². The molecule has 23 heavy (non-hydrogen) atoms. The fourth-order valence-electron chi connectivity index (χ4n) is 2.15. The molecule has 1 heterocycles. The van der Waals surface area contributed by atoms with Crippen LogP contribution in [0.3, 0.4) is 0 Å². The Bertz CT molecular complexity index is 650. The van der Waals surface area contributed by atoms with Crippen molar-refractivity contribution in [2.75, 3.05) is 11.9 Å². The first-order chi connectivity index (χ1) is 11.0. The van der Waals surface area contributed by atoms with E-state index >= 15 is 0 Å². The van der Waals surface area contributed by atoms with Gasteiger partial charge in [-0.25, -0.2) is 9.97 Å². The number of hydrogen-bond acceptors (Lipinski definition) is 4. The van der Waals surface area contributed by atoms with Gasteiger partial charge in [0, 0.05) is 12.2 Å². The second-order valence-corrected chi connectivity index (χ2v) is 6.26. The van der Waals surface area contributed by atoms with Crippen molar-refractivity contribution in [2.24, 2.45) is 5.92 Å². The molecule has 5 nitrogen and oxygen atoms in total. The summed E-state index contributed by atoms with van der Waals surface area (Å²) in [6, 6.07) is 8.11. The SMILES string of the molecule is CC(C)CNC(=O)c1cnc(Nc2ccccc2C(C)C)cn1. The molecule has 5 heteroatoms. The van der Waals surface area contributed by atoms with E-state index in [0.717, 1.165) is 5.69 Å². The number of nitrogens with one attached hydrogen (secondary N) is 2. The van der Waals surface area contributed by atoms with Crippen LogP contribution in [0.4, 0.5) is 11.5 Å². The van der Waals surface area contributed by atoms with Gasteiger partial charge in [-0.05, 0) is 23.5 Å². The zero-order chi connectivity index (χ0) is 16.8. The molecule has 0 saturated carbocycles. The van der Waals surface area contributed by atoms with Gasteiger partial charge in [0.2, 0.25) is 0 Å². The maximum absolute atomic E-state index is 11.9. The molecule has 2 rings (SSSR count). The van der Waals surface area contributed by atoms with Crippen molar-refractivity contribution in [2.45, 2.75) is 33.6 Å². The van der Waals surface area contributed by atoms with E-state index in [1.165, 1.54) is 11.8 Å². The normalized spacial score (nSPS) is 10.9. The minimum atomic E-state index is -0.194. The molecular weight excluding hydrogens is 288 g/mol. The maximum atomic E-state index is 11.9. The zero-order valence-corrected chi connectivity index (χ0v) is 14.1. The number of anilines is 2. The first-order valence-electron chi connectivity index (χ1n) is 7.93. The Morgan fingerprint density at radius 3 is 2.43 bits per heavy atom. The highest BCUT2D eigenvalue weighted by Gasteiger charge is 2.10. The summed E-state index contributed by atoms with van der Waals surface area (Å²) in [6.07, 6.45) is 3.08. The number of rotatable bonds is 6. The molecule has 0 saturated heterocycles. The minimum Gasteiger partial charge on any atom is -0.350 e. The van der Waals surface area contributed by atoms with Crippen LogP contribution < -0.4 is 10.6 Å². The van der Waals surface area contributed by atoms with E-state index in [0.29, 0.717) is 29.9 Å². The van der Waals surface area contributed by atoms with Crippen LogP contribution in [0.15, 0.2) is 36.7 Å². The lowest BCUT2D eigenvalue weighted by molar-refractivity contribution is 0.0943. The van der Waals surface area contributed by atoms with Crippen molar-refractivity contribution in [3.63, 3.8) is 0 Å². The van der Waals surface area contributed by atoms with Gasteiger partial charge >= 0.3 is 0 Å². The van der Waals surface area contributed by atoms with Crippen molar-refractivity contribution in [3.05, 3.63) is 47.9 Å². The first-order valence-corrected chi connectivity index (χ1v) is 7.93. The third kappa shape index (κ3) is 4.77. The summed E-state index contributed by atoms with van der Waals surface area (Å²) in [5.41, 5.74) is 2.55. The number of aromatic nitrogens is 2. The van der Waals surface area contributed by atoms with Gasteiger partial charge in [0.25, 0.3) is 5.91 Å². The summed E-state index contributed by atoms with van der Waals surface area (Å²) in [5, 5.41) is 6.09. The fourth-order valence-corrected chi connectivity index (χ4v) is 2.15. The summed E-state index contributed by atoms with van der Waals surface area (Å²) < 4.78 is 0. The Balaban J connectivity index is 2.07. The van der Waals surface area contributed by atoms with Gasteiger partial charge in [0.1, 0.15) is 11.5 Å². The molecule has 0 aliphatic carbocycles. The highest BCUT2D eigenvalue weighted by atomic mass is 16.1. The molecule has 0 spiro atoms. The second-order valence-electron chi connectivity index (χ2n) is 6.26. The molecule has 2 aromatic rings. The van der Waals surface area contributed by atoms with Crippen molar-refractivity contribution in [1.82, 2.24) is 15.3 Å². The Morgan fingerprint density at radius 2 is 1.83 bits per heavy atom. The lowest BCUT2D eigenvalue weighted by atomic mass is 10.0. The predicted octanol–water partition coefficient (Wildman–Crippen LogP) is 3.73. The summed E-state index contributed by atoms with van der Waals surface area (Å²) in [4.78, 5) is 20.4. The Hall–Kier alpha value is -2.43. The van der Waals surface area contributed by atoms with Crippen LogP contribution in [0.2, 0.25) is 0 Å². The monoisotopic (exact) mass is 312 g/mol. The molecule has 0 atom stereocenters. The average Bonchev–Trinajstić information content (AvgIpc) is 2.53. The first kappa shape index (κ1) is 16.9. The van der Waals surface area contributed by atoms with Crippen molar-refractivity contribution in [1.29, 1.82) is 0 Å². The van der Waals surface area contributed by atoms with E-state index in [2.05, 4.69) is 40.5 Å². The van der Waals surface area contributed by atoms with Gasteiger partial charge in [-0.15, -0.1) is 0 Å².